The van der Waals surface area contributed by atoms with Crippen molar-refractivity contribution in [3.8, 4) is 11.8 Å². The Labute approximate surface area is 268 Å². The van der Waals surface area contributed by atoms with Crippen LogP contribution in [0.25, 0.3) is 0 Å². The molecule has 44 heavy (non-hydrogen) atoms. The predicted molar refractivity (Wildman–Crippen MR) is 178 cm³/mol. The van der Waals surface area contributed by atoms with Crippen LogP contribution in [0, 0.1) is 41.4 Å². The number of nitrogens with zero attached hydrogens (tertiary/aromatic N) is 2. The number of aliphatic hydroxyl groups excluding tert-OH is 1. The first-order chi connectivity index (χ1) is 20.9. The summed E-state index contributed by atoms with van der Waals surface area (Å²) in [5, 5.41) is 16.4. The van der Waals surface area contributed by atoms with E-state index in [1.807, 2.05) is 25.7 Å². The standard InChI is InChI=1S/C34H62N4O5S/c1-7-14-28-20-29(23-30(21-28)34(41)37(17-8-2)18-9-3)33(40)35-31(22-27-15-12-11-13-16-27)32(39)24-38(19-10-4)36-44(42,43)25-26(5)6/h26-32,36,39H,8-13,15-25H2,1-6H3,(H,35,40). The van der Waals surface area contributed by atoms with Gasteiger partial charge in [0.1, 0.15) is 0 Å². The van der Waals surface area contributed by atoms with Crippen LogP contribution in [0.5, 0.6) is 0 Å². The van der Waals surface area contributed by atoms with E-state index >= 15 is 0 Å². The minimum atomic E-state index is -3.55. The number of hydrazine groups is 1. The van der Waals surface area contributed by atoms with Crippen molar-refractivity contribution in [1.29, 1.82) is 0 Å². The van der Waals surface area contributed by atoms with E-state index in [9.17, 15) is 23.1 Å². The van der Waals surface area contributed by atoms with E-state index in [0.29, 0.717) is 44.6 Å². The molecule has 2 saturated carbocycles. The lowest BCUT2D eigenvalue weighted by molar-refractivity contribution is -0.139. The van der Waals surface area contributed by atoms with Crippen LogP contribution in [-0.4, -0.2) is 79.3 Å². The molecule has 0 aromatic carbocycles. The fourth-order valence-electron chi connectivity index (χ4n) is 7.05. The van der Waals surface area contributed by atoms with Crippen LogP contribution in [-0.2, 0) is 19.6 Å². The third-order valence-corrected chi connectivity index (χ3v) is 10.5. The Bertz CT molecular complexity index is 1030. The summed E-state index contributed by atoms with van der Waals surface area (Å²) in [5.74, 6) is 5.98. The minimum Gasteiger partial charge on any atom is -0.390 e. The number of sulfonamides is 1. The fourth-order valence-corrected chi connectivity index (χ4v) is 8.56. The van der Waals surface area contributed by atoms with Crippen LogP contribution in [0.1, 0.15) is 119 Å². The highest BCUT2D eigenvalue weighted by molar-refractivity contribution is 7.89. The molecule has 2 fully saturated rings. The largest absolute Gasteiger partial charge is 0.390 e. The van der Waals surface area contributed by atoms with Crippen molar-refractivity contribution in [3.63, 3.8) is 0 Å². The molecular formula is C34H62N4O5S. The number of carbonyl (C=O) groups is 2. The molecule has 2 aliphatic carbocycles. The van der Waals surface area contributed by atoms with E-state index in [0.717, 1.165) is 51.6 Å². The summed E-state index contributed by atoms with van der Waals surface area (Å²) in [5.41, 5.74) is 0. The first-order valence-electron chi connectivity index (χ1n) is 17.4. The number of hydrogen-bond donors (Lipinski definition) is 3. The van der Waals surface area contributed by atoms with Gasteiger partial charge in [0.15, 0.2) is 0 Å². The Balaban J connectivity index is 2.24. The second-order valence-electron chi connectivity index (χ2n) is 13.7. The van der Waals surface area contributed by atoms with E-state index in [-0.39, 0.29) is 47.8 Å². The van der Waals surface area contributed by atoms with Crippen LogP contribution in [0.2, 0.25) is 0 Å². The molecule has 2 aliphatic rings. The summed E-state index contributed by atoms with van der Waals surface area (Å²) in [6.07, 6.45) is 9.59. The average Bonchev–Trinajstić information content (AvgIpc) is 2.96. The third kappa shape index (κ3) is 13.4. The molecule has 0 aromatic rings. The summed E-state index contributed by atoms with van der Waals surface area (Å²) in [6, 6.07) is -0.511. The molecule has 9 nitrogen and oxygen atoms in total. The Morgan fingerprint density at radius 2 is 1.55 bits per heavy atom. The van der Waals surface area contributed by atoms with Gasteiger partial charge in [0.05, 0.1) is 17.9 Å². The Morgan fingerprint density at radius 3 is 2.11 bits per heavy atom. The Kier molecular flexibility index (Phi) is 17.3. The predicted octanol–water partition coefficient (Wildman–Crippen LogP) is 4.71. The maximum Gasteiger partial charge on any atom is 0.225 e. The zero-order valence-corrected chi connectivity index (χ0v) is 29.3. The highest BCUT2D eigenvalue weighted by atomic mass is 32.2. The van der Waals surface area contributed by atoms with Gasteiger partial charge in [-0.15, -0.1) is 16.7 Å². The van der Waals surface area contributed by atoms with Crippen molar-refractivity contribution in [1.82, 2.24) is 20.1 Å². The molecule has 10 heteroatoms. The van der Waals surface area contributed by atoms with Crippen molar-refractivity contribution in [2.75, 3.05) is 31.9 Å². The van der Waals surface area contributed by atoms with E-state index in [1.165, 1.54) is 6.42 Å². The number of amides is 2. The smallest absolute Gasteiger partial charge is 0.225 e. The van der Waals surface area contributed by atoms with E-state index < -0.39 is 22.2 Å². The molecule has 5 unspecified atom stereocenters. The maximum atomic E-state index is 13.9. The number of rotatable bonds is 18. The summed E-state index contributed by atoms with van der Waals surface area (Å²) < 4.78 is 25.5. The Morgan fingerprint density at radius 1 is 0.932 bits per heavy atom. The van der Waals surface area contributed by atoms with Crippen LogP contribution in [0.15, 0.2) is 0 Å². The topological polar surface area (TPSA) is 119 Å². The Hall–Kier alpha value is -1.67. The zero-order chi connectivity index (χ0) is 32.7. The van der Waals surface area contributed by atoms with E-state index in [1.54, 1.807) is 11.9 Å². The number of carbonyl (C=O) groups excluding carboxylic acids is 2. The van der Waals surface area contributed by atoms with Crippen molar-refractivity contribution >= 4 is 21.8 Å². The molecule has 0 radical (unpaired) electrons. The molecule has 254 valence electrons. The molecule has 5 atom stereocenters. The van der Waals surface area contributed by atoms with Crippen molar-refractivity contribution in [2.24, 2.45) is 29.6 Å². The normalized spacial score (nSPS) is 22.7. The molecule has 0 saturated heterocycles. The summed E-state index contributed by atoms with van der Waals surface area (Å²) in [7, 11) is -3.55. The van der Waals surface area contributed by atoms with Crippen LogP contribution in [0.3, 0.4) is 0 Å². The monoisotopic (exact) mass is 638 g/mol. The first kappa shape index (κ1) is 38.5. The highest BCUT2D eigenvalue weighted by Gasteiger charge is 2.38. The lowest BCUT2D eigenvalue weighted by atomic mass is 9.74. The van der Waals surface area contributed by atoms with Crippen LogP contribution < -0.4 is 10.1 Å². The molecule has 0 aliphatic heterocycles. The van der Waals surface area contributed by atoms with Crippen molar-refractivity contribution in [2.45, 2.75) is 131 Å². The molecule has 3 N–H and O–H groups in total. The summed E-state index contributed by atoms with van der Waals surface area (Å²) in [6.45, 7) is 13.6. The van der Waals surface area contributed by atoms with Gasteiger partial charge < -0.3 is 15.3 Å². The van der Waals surface area contributed by atoms with Gasteiger partial charge in [0, 0.05) is 43.9 Å². The molecule has 0 heterocycles. The molecule has 2 rings (SSSR count). The van der Waals surface area contributed by atoms with E-state index in [2.05, 4.69) is 35.8 Å². The van der Waals surface area contributed by atoms with Gasteiger partial charge in [-0.1, -0.05) is 66.7 Å². The second-order valence-corrected chi connectivity index (χ2v) is 15.4. The van der Waals surface area contributed by atoms with Gasteiger partial charge in [-0.25, -0.2) is 13.4 Å². The zero-order valence-electron chi connectivity index (χ0n) is 28.4. The summed E-state index contributed by atoms with van der Waals surface area (Å²) in [4.78, 5) is 32.2. The van der Waals surface area contributed by atoms with Gasteiger partial charge >= 0.3 is 0 Å². The molecule has 2 amide bonds. The van der Waals surface area contributed by atoms with Gasteiger partial charge in [-0.05, 0) is 63.7 Å². The van der Waals surface area contributed by atoms with Crippen molar-refractivity contribution < 1.29 is 23.1 Å². The highest BCUT2D eigenvalue weighted by Crippen LogP contribution is 2.35. The fraction of sp³-hybridized carbons (Fsp3) is 0.882. The van der Waals surface area contributed by atoms with Gasteiger partial charge in [0.25, 0.3) is 0 Å². The number of aliphatic hydroxyl groups is 1. The van der Waals surface area contributed by atoms with Crippen molar-refractivity contribution in [3.05, 3.63) is 0 Å². The third-order valence-electron chi connectivity index (χ3n) is 8.90. The lowest BCUT2D eigenvalue weighted by Crippen LogP contribution is -2.54. The summed E-state index contributed by atoms with van der Waals surface area (Å²) >= 11 is 0. The maximum absolute atomic E-state index is 13.9. The molecule has 0 aromatic heterocycles. The SMILES string of the molecule is CC#CC1CC(C(=O)NC(CC2CCCCC2)C(O)CN(CCC)NS(=O)(=O)CC(C)C)CC(C(=O)N(CCC)CCC)C1. The van der Waals surface area contributed by atoms with E-state index in [4.69, 9.17) is 0 Å². The first-order valence-corrected chi connectivity index (χ1v) is 19.0. The average molecular weight is 639 g/mol. The number of nitrogens with one attached hydrogen (secondary N) is 2. The van der Waals surface area contributed by atoms with Gasteiger partial charge in [-0.3, -0.25) is 9.59 Å². The molecule has 0 spiro atoms. The van der Waals surface area contributed by atoms with Gasteiger partial charge in [0.2, 0.25) is 21.8 Å². The molecule has 0 bridgehead atoms. The van der Waals surface area contributed by atoms with Gasteiger partial charge in [-0.2, -0.15) is 0 Å². The second kappa shape index (κ2) is 19.8. The minimum absolute atomic E-state index is 0.00285. The lowest BCUT2D eigenvalue weighted by Gasteiger charge is -2.37. The quantitative estimate of drug-likeness (QED) is 0.148. The molecular weight excluding hydrogens is 576 g/mol. The van der Waals surface area contributed by atoms with Crippen LogP contribution in [0.4, 0.5) is 0 Å². The number of hydrogen-bond acceptors (Lipinski definition) is 6. The van der Waals surface area contributed by atoms with Crippen LogP contribution >= 0.6 is 0 Å².